The fourth-order valence-corrected chi connectivity index (χ4v) is 5.74. The highest BCUT2D eigenvalue weighted by atomic mass is 16.2. The second-order valence-corrected chi connectivity index (χ2v) is 9.28. The van der Waals surface area contributed by atoms with Crippen molar-refractivity contribution in [3.63, 3.8) is 0 Å². The standard InChI is InChI=1S/C26H31N5O2/c27-26(33)23-13-8-18-31(23,22-12-5-4-11-21(22)30-16-6-1-7-17-30)25(32)15-14-24-28-19-9-2-3-10-20(19)29-24/h2-5,9-12,23H,1,6-8,13-18H2,(H2-,27,28,29,33)/p+1/t23-,31?/m0/s1. The number of H-pyrrole nitrogens is 1. The molecule has 0 radical (unpaired) electrons. The van der Waals surface area contributed by atoms with E-state index in [-0.39, 0.29) is 10.4 Å². The lowest BCUT2D eigenvalue weighted by Crippen LogP contribution is -2.62. The Morgan fingerprint density at radius 1 is 1.03 bits per heavy atom. The molecule has 7 heteroatoms. The van der Waals surface area contributed by atoms with Crippen molar-refractivity contribution in [3.8, 4) is 0 Å². The molecule has 0 spiro atoms. The molecule has 2 fully saturated rings. The van der Waals surface area contributed by atoms with E-state index in [9.17, 15) is 9.59 Å². The summed E-state index contributed by atoms with van der Waals surface area (Å²) in [5.74, 6) is 0.445. The molecule has 0 bridgehead atoms. The molecular formula is C26H32N5O2+. The molecule has 172 valence electrons. The van der Waals surface area contributed by atoms with Crippen LogP contribution in [0, 0.1) is 0 Å². The molecule has 2 aliphatic rings. The van der Waals surface area contributed by atoms with Crippen LogP contribution in [0.15, 0.2) is 48.5 Å². The molecule has 2 amide bonds. The molecule has 2 saturated heterocycles. The van der Waals surface area contributed by atoms with Crippen LogP contribution in [0.1, 0.15) is 44.3 Å². The first kappa shape index (κ1) is 21.6. The summed E-state index contributed by atoms with van der Waals surface area (Å²) in [4.78, 5) is 36.9. The SMILES string of the molecule is NC(=O)[C@@H]1CCC[N+]1(C(=O)CCc1nc2ccccc2[nH]1)c1ccccc1N1CCCCC1. The van der Waals surface area contributed by atoms with Gasteiger partial charge in [0.2, 0.25) is 0 Å². The minimum absolute atomic E-state index is 0.0300. The van der Waals surface area contributed by atoms with Gasteiger partial charge in [0.25, 0.3) is 5.91 Å². The lowest BCUT2D eigenvalue weighted by Gasteiger charge is -2.39. The fourth-order valence-electron chi connectivity index (χ4n) is 5.74. The maximum atomic E-state index is 14.0. The number of anilines is 1. The summed E-state index contributed by atoms with van der Waals surface area (Å²) < 4.78 is 0.0300. The minimum atomic E-state index is -0.529. The van der Waals surface area contributed by atoms with Crippen molar-refractivity contribution in [1.29, 1.82) is 0 Å². The largest absolute Gasteiger partial charge is 0.367 e. The molecule has 3 aromatic rings. The molecule has 0 saturated carbocycles. The van der Waals surface area contributed by atoms with Gasteiger partial charge in [-0.2, -0.15) is 0 Å². The molecule has 2 atom stereocenters. The van der Waals surface area contributed by atoms with E-state index in [0.29, 0.717) is 25.8 Å². The lowest BCUT2D eigenvalue weighted by atomic mass is 10.0. The first-order valence-corrected chi connectivity index (χ1v) is 12.1. The average Bonchev–Trinajstić information content (AvgIpc) is 3.48. The zero-order valence-corrected chi connectivity index (χ0v) is 19.0. The number of benzene rings is 2. The maximum Gasteiger partial charge on any atom is 0.319 e. The van der Waals surface area contributed by atoms with Crippen molar-refractivity contribution in [3.05, 3.63) is 54.4 Å². The van der Waals surface area contributed by atoms with Gasteiger partial charge in [-0.05, 0) is 37.5 Å². The molecule has 5 rings (SSSR count). The Bertz CT molecular complexity index is 1130. The van der Waals surface area contributed by atoms with Crippen LogP contribution >= 0.6 is 0 Å². The Balaban J connectivity index is 1.49. The van der Waals surface area contributed by atoms with E-state index in [2.05, 4.69) is 20.9 Å². The van der Waals surface area contributed by atoms with Gasteiger partial charge in [0.15, 0.2) is 11.7 Å². The quantitative estimate of drug-likeness (QED) is 0.565. The van der Waals surface area contributed by atoms with Gasteiger partial charge in [-0.25, -0.2) is 14.3 Å². The highest BCUT2D eigenvalue weighted by Gasteiger charge is 2.53. The Morgan fingerprint density at radius 2 is 1.79 bits per heavy atom. The fraction of sp³-hybridized carbons (Fsp3) is 0.423. The number of nitrogens with one attached hydrogen (secondary N) is 1. The number of quaternary nitrogens is 1. The number of hydrogen-bond donors (Lipinski definition) is 2. The normalized spacial score (nSPS) is 23.2. The summed E-state index contributed by atoms with van der Waals surface area (Å²) in [5.41, 5.74) is 9.76. The predicted molar refractivity (Wildman–Crippen MR) is 131 cm³/mol. The number of likely N-dealkylation sites (tertiary alicyclic amines) is 1. The Labute approximate surface area is 194 Å². The van der Waals surface area contributed by atoms with Crippen molar-refractivity contribution in [1.82, 2.24) is 14.5 Å². The molecule has 3 heterocycles. The van der Waals surface area contributed by atoms with E-state index >= 15 is 0 Å². The molecule has 33 heavy (non-hydrogen) atoms. The highest BCUT2D eigenvalue weighted by molar-refractivity contribution is 5.99. The molecule has 2 aromatic carbocycles. The number of carbonyl (C=O) groups is 2. The first-order valence-electron chi connectivity index (χ1n) is 12.1. The van der Waals surface area contributed by atoms with Gasteiger partial charge < -0.3 is 15.6 Å². The van der Waals surface area contributed by atoms with Crippen LogP contribution in [-0.2, 0) is 16.0 Å². The van der Waals surface area contributed by atoms with E-state index in [1.54, 1.807) is 0 Å². The third-order valence-corrected chi connectivity index (χ3v) is 7.32. The Kier molecular flexibility index (Phi) is 5.89. The van der Waals surface area contributed by atoms with Gasteiger partial charge in [-0.3, -0.25) is 4.79 Å². The van der Waals surface area contributed by atoms with Crippen LogP contribution in [0.25, 0.3) is 11.0 Å². The first-order chi connectivity index (χ1) is 16.1. The number of nitrogens with two attached hydrogens (primary N) is 1. The topological polar surface area (TPSA) is 92.1 Å². The number of fused-ring (bicyclic) bond motifs is 1. The number of amides is 2. The van der Waals surface area contributed by atoms with Crippen molar-refractivity contribution >= 4 is 34.2 Å². The van der Waals surface area contributed by atoms with Gasteiger partial charge in [0.1, 0.15) is 5.82 Å². The summed E-state index contributed by atoms with van der Waals surface area (Å²) in [6.45, 7) is 2.56. The van der Waals surface area contributed by atoms with E-state index in [4.69, 9.17) is 5.73 Å². The van der Waals surface area contributed by atoms with Crippen LogP contribution in [0.3, 0.4) is 0 Å². The van der Waals surface area contributed by atoms with Crippen molar-refractivity contribution < 1.29 is 9.59 Å². The monoisotopic (exact) mass is 446 g/mol. The van der Waals surface area contributed by atoms with Crippen LogP contribution in [0.4, 0.5) is 11.4 Å². The average molecular weight is 447 g/mol. The molecular weight excluding hydrogens is 414 g/mol. The molecule has 7 nitrogen and oxygen atoms in total. The lowest BCUT2D eigenvalue weighted by molar-refractivity contribution is -0.136. The van der Waals surface area contributed by atoms with Gasteiger partial charge in [-0.1, -0.05) is 24.3 Å². The van der Waals surface area contributed by atoms with Gasteiger partial charge in [0, 0.05) is 38.4 Å². The molecule has 2 aliphatic heterocycles. The molecule has 1 unspecified atom stereocenters. The summed E-state index contributed by atoms with van der Waals surface area (Å²) in [5, 5.41) is 0. The number of imidazole rings is 1. The molecule has 1 aromatic heterocycles. The van der Waals surface area contributed by atoms with E-state index in [1.807, 2.05) is 42.5 Å². The summed E-state index contributed by atoms with van der Waals surface area (Å²) in [6, 6.07) is 15.5. The smallest absolute Gasteiger partial charge is 0.319 e. The number of piperidine rings is 1. The number of aromatic amines is 1. The van der Waals surface area contributed by atoms with E-state index in [0.717, 1.165) is 60.6 Å². The summed E-state index contributed by atoms with van der Waals surface area (Å²) >= 11 is 0. The van der Waals surface area contributed by atoms with Crippen LogP contribution in [0.2, 0.25) is 0 Å². The number of carbonyl (C=O) groups excluding carboxylic acids is 2. The van der Waals surface area contributed by atoms with Crippen molar-refractivity contribution in [2.24, 2.45) is 5.73 Å². The van der Waals surface area contributed by atoms with Gasteiger partial charge in [-0.15, -0.1) is 0 Å². The molecule has 3 N–H and O–H groups in total. The zero-order chi connectivity index (χ0) is 22.8. The van der Waals surface area contributed by atoms with E-state index < -0.39 is 11.9 Å². The number of nitrogens with zero attached hydrogens (tertiary/aromatic N) is 3. The van der Waals surface area contributed by atoms with E-state index in [1.165, 1.54) is 6.42 Å². The Morgan fingerprint density at radius 3 is 2.58 bits per heavy atom. The number of aromatic nitrogens is 2. The Hall–Kier alpha value is -3.19. The predicted octanol–water partition coefficient (Wildman–Crippen LogP) is 3.67. The number of rotatable bonds is 6. The minimum Gasteiger partial charge on any atom is -0.367 e. The van der Waals surface area contributed by atoms with Crippen molar-refractivity contribution in [2.75, 3.05) is 24.5 Å². The number of aryl methyl sites for hydroxylation is 1. The van der Waals surface area contributed by atoms with Crippen LogP contribution in [0.5, 0.6) is 0 Å². The zero-order valence-electron chi connectivity index (χ0n) is 19.0. The van der Waals surface area contributed by atoms with Gasteiger partial charge in [0.05, 0.1) is 29.7 Å². The number of para-hydroxylation sites is 4. The summed E-state index contributed by atoms with van der Waals surface area (Å²) in [7, 11) is 0. The van der Waals surface area contributed by atoms with Crippen LogP contribution < -0.4 is 15.1 Å². The second kappa shape index (κ2) is 8.98. The second-order valence-electron chi connectivity index (χ2n) is 9.28. The third kappa shape index (κ3) is 3.91. The number of hydrogen-bond acceptors (Lipinski definition) is 4. The van der Waals surface area contributed by atoms with Crippen LogP contribution in [-0.4, -0.2) is 47.5 Å². The number of primary amides is 1. The van der Waals surface area contributed by atoms with Crippen molar-refractivity contribution in [2.45, 2.75) is 51.0 Å². The highest BCUT2D eigenvalue weighted by Crippen LogP contribution is 2.42. The summed E-state index contributed by atoms with van der Waals surface area (Å²) in [6.07, 6.45) is 5.78. The maximum absolute atomic E-state index is 14.0. The third-order valence-electron chi connectivity index (χ3n) is 7.32. The van der Waals surface area contributed by atoms with Gasteiger partial charge >= 0.3 is 5.91 Å². The molecule has 0 aliphatic carbocycles.